The number of benzene rings is 1. The number of pyridine rings is 2. The van der Waals surface area contributed by atoms with E-state index < -0.39 is 0 Å². The van der Waals surface area contributed by atoms with Gasteiger partial charge in [0.05, 0.1) is 0 Å². The molecule has 1 saturated carbocycles. The zero-order chi connectivity index (χ0) is 14.1. The number of aromatic nitrogens is 2. The van der Waals surface area contributed by atoms with Crippen LogP contribution in [-0.2, 0) is 6.54 Å². The van der Waals surface area contributed by atoms with Crippen molar-refractivity contribution in [2.24, 2.45) is 0 Å². The van der Waals surface area contributed by atoms with Gasteiger partial charge in [-0.2, -0.15) is 0 Å². The van der Waals surface area contributed by atoms with Gasteiger partial charge in [-0.15, -0.1) is 0 Å². The van der Waals surface area contributed by atoms with Crippen LogP contribution in [0.25, 0.3) is 21.9 Å². The van der Waals surface area contributed by atoms with Gasteiger partial charge >= 0.3 is 0 Å². The van der Waals surface area contributed by atoms with Crippen LogP contribution in [0.5, 0.6) is 0 Å². The summed E-state index contributed by atoms with van der Waals surface area (Å²) in [5, 5.41) is 5.93. The molecule has 1 fully saturated rings. The molecular weight excluding hydrogens is 258 g/mol. The van der Waals surface area contributed by atoms with Crippen LogP contribution in [0.1, 0.15) is 18.4 Å². The van der Waals surface area contributed by atoms with Crippen molar-refractivity contribution in [3.63, 3.8) is 0 Å². The van der Waals surface area contributed by atoms with Crippen molar-refractivity contribution in [2.45, 2.75) is 25.4 Å². The summed E-state index contributed by atoms with van der Waals surface area (Å²) in [6.07, 6.45) is 10.3. The third-order valence-electron chi connectivity index (χ3n) is 3.96. The maximum Gasteiger partial charge on any atom is 0.0346 e. The van der Waals surface area contributed by atoms with E-state index in [9.17, 15) is 0 Å². The molecule has 0 saturated heterocycles. The minimum Gasteiger partial charge on any atom is -0.310 e. The van der Waals surface area contributed by atoms with Gasteiger partial charge in [-0.1, -0.05) is 18.2 Å². The molecule has 0 atom stereocenters. The van der Waals surface area contributed by atoms with Gasteiger partial charge in [0.15, 0.2) is 0 Å². The molecule has 0 bridgehead atoms. The van der Waals surface area contributed by atoms with Crippen LogP contribution in [-0.4, -0.2) is 16.0 Å². The molecule has 0 spiro atoms. The Kier molecular flexibility index (Phi) is 3.13. The molecule has 104 valence electrons. The van der Waals surface area contributed by atoms with Crippen LogP contribution in [0.15, 0.2) is 55.1 Å². The van der Waals surface area contributed by atoms with Crippen LogP contribution in [0, 0.1) is 0 Å². The van der Waals surface area contributed by atoms with Gasteiger partial charge in [-0.3, -0.25) is 9.97 Å². The van der Waals surface area contributed by atoms with Gasteiger partial charge in [0, 0.05) is 48.3 Å². The number of hydrogen-bond donors (Lipinski definition) is 1. The Balaban J connectivity index is 1.72. The molecule has 3 aromatic rings. The van der Waals surface area contributed by atoms with E-state index >= 15 is 0 Å². The number of nitrogens with zero attached hydrogens (tertiary/aromatic N) is 2. The van der Waals surface area contributed by atoms with E-state index in [0.29, 0.717) is 0 Å². The van der Waals surface area contributed by atoms with Crippen LogP contribution < -0.4 is 5.32 Å². The summed E-state index contributed by atoms with van der Waals surface area (Å²) in [6.45, 7) is 0.901. The Morgan fingerprint density at radius 3 is 2.90 bits per heavy atom. The van der Waals surface area contributed by atoms with Crippen LogP contribution >= 0.6 is 0 Å². The van der Waals surface area contributed by atoms with E-state index in [4.69, 9.17) is 0 Å². The molecule has 3 heteroatoms. The van der Waals surface area contributed by atoms with Gasteiger partial charge < -0.3 is 5.32 Å². The fraction of sp³-hybridized carbons (Fsp3) is 0.222. The van der Waals surface area contributed by atoms with Crippen molar-refractivity contribution in [3.05, 3.63) is 60.7 Å². The van der Waals surface area contributed by atoms with Gasteiger partial charge in [0.2, 0.25) is 0 Å². The quantitative estimate of drug-likeness (QED) is 0.791. The summed E-state index contributed by atoms with van der Waals surface area (Å²) in [6, 6.07) is 11.3. The van der Waals surface area contributed by atoms with E-state index in [2.05, 4.69) is 45.6 Å². The monoisotopic (exact) mass is 275 g/mol. The average Bonchev–Trinajstić information content (AvgIpc) is 3.37. The Morgan fingerprint density at radius 1 is 1.05 bits per heavy atom. The summed E-state index contributed by atoms with van der Waals surface area (Å²) in [5.41, 5.74) is 3.63. The second-order valence-electron chi connectivity index (χ2n) is 5.64. The SMILES string of the molecule is c1cc(-c2cncc(CNC3CC3)c2)c2ccncc2c1. The predicted octanol–water partition coefficient (Wildman–Crippen LogP) is 3.55. The molecule has 2 aromatic heterocycles. The molecule has 1 aliphatic rings. The highest BCUT2D eigenvalue weighted by Crippen LogP contribution is 2.28. The number of fused-ring (bicyclic) bond motifs is 1. The second-order valence-corrected chi connectivity index (χ2v) is 5.64. The Hall–Kier alpha value is -2.26. The van der Waals surface area contributed by atoms with Gasteiger partial charge in [-0.05, 0) is 41.5 Å². The topological polar surface area (TPSA) is 37.8 Å². The fourth-order valence-electron chi connectivity index (χ4n) is 2.66. The van der Waals surface area contributed by atoms with Crippen molar-refractivity contribution < 1.29 is 0 Å². The molecule has 0 unspecified atom stereocenters. The van der Waals surface area contributed by atoms with E-state index in [-0.39, 0.29) is 0 Å². The van der Waals surface area contributed by atoms with E-state index in [1.54, 1.807) is 0 Å². The summed E-state index contributed by atoms with van der Waals surface area (Å²) in [4.78, 5) is 8.61. The summed E-state index contributed by atoms with van der Waals surface area (Å²) in [7, 11) is 0. The first-order valence-corrected chi connectivity index (χ1v) is 7.40. The van der Waals surface area contributed by atoms with E-state index in [1.165, 1.54) is 34.9 Å². The first kappa shape index (κ1) is 12.5. The average molecular weight is 275 g/mol. The highest BCUT2D eigenvalue weighted by atomic mass is 14.9. The number of hydrogen-bond acceptors (Lipinski definition) is 3. The molecule has 0 amide bonds. The van der Waals surface area contributed by atoms with Crippen LogP contribution in [0.3, 0.4) is 0 Å². The van der Waals surface area contributed by atoms with E-state index in [0.717, 1.165) is 18.0 Å². The third kappa shape index (κ3) is 2.65. The lowest BCUT2D eigenvalue weighted by Crippen LogP contribution is -2.15. The summed E-state index contributed by atoms with van der Waals surface area (Å²) < 4.78 is 0. The first-order chi connectivity index (χ1) is 10.4. The molecule has 21 heavy (non-hydrogen) atoms. The lowest BCUT2D eigenvalue weighted by molar-refractivity contribution is 0.686. The van der Waals surface area contributed by atoms with Crippen molar-refractivity contribution >= 4 is 10.8 Å². The molecule has 1 aliphatic carbocycles. The zero-order valence-corrected chi connectivity index (χ0v) is 11.8. The molecule has 4 rings (SSSR count). The summed E-state index contributed by atoms with van der Waals surface area (Å²) >= 11 is 0. The second kappa shape index (κ2) is 5.26. The Labute approximate surface area is 124 Å². The minimum atomic E-state index is 0.720. The summed E-state index contributed by atoms with van der Waals surface area (Å²) in [5.74, 6) is 0. The highest BCUT2D eigenvalue weighted by Gasteiger charge is 2.20. The molecule has 0 radical (unpaired) electrons. The van der Waals surface area contributed by atoms with Crippen molar-refractivity contribution in [1.29, 1.82) is 0 Å². The smallest absolute Gasteiger partial charge is 0.0346 e. The molecule has 1 aromatic carbocycles. The van der Waals surface area contributed by atoms with Gasteiger partial charge in [0.1, 0.15) is 0 Å². The van der Waals surface area contributed by atoms with Crippen molar-refractivity contribution in [1.82, 2.24) is 15.3 Å². The molecule has 1 N–H and O–H groups in total. The van der Waals surface area contributed by atoms with Gasteiger partial charge in [0.25, 0.3) is 0 Å². The lowest BCUT2D eigenvalue weighted by atomic mass is 10.00. The van der Waals surface area contributed by atoms with Crippen LogP contribution in [0.4, 0.5) is 0 Å². The van der Waals surface area contributed by atoms with Gasteiger partial charge in [-0.25, -0.2) is 0 Å². The predicted molar refractivity (Wildman–Crippen MR) is 84.8 cm³/mol. The molecule has 2 heterocycles. The Bertz CT molecular complexity index is 773. The maximum atomic E-state index is 4.41. The number of rotatable bonds is 4. The molecule has 3 nitrogen and oxygen atoms in total. The molecular formula is C18H17N3. The van der Waals surface area contributed by atoms with Crippen molar-refractivity contribution in [2.75, 3.05) is 0 Å². The zero-order valence-electron chi connectivity index (χ0n) is 11.8. The normalized spacial score (nSPS) is 14.5. The first-order valence-electron chi connectivity index (χ1n) is 7.40. The number of nitrogens with one attached hydrogen (secondary N) is 1. The largest absolute Gasteiger partial charge is 0.310 e. The highest BCUT2D eigenvalue weighted by molar-refractivity contribution is 5.95. The fourth-order valence-corrected chi connectivity index (χ4v) is 2.66. The minimum absolute atomic E-state index is 0.720. The Morgan fingerprint density at radius 2 is 2.00 bits per heavy atom. The maximum absolute atomic E-state index is 4.41. The standard InChI is InChI=1S/C18H17N3/c1-2-14-11-19-7-6-18(14)17(3-1)15-8-13(9-20-12-15)10-21-16-4-5-16/h1-3,6-9,11-12,16,21H,4-5,10H2. The third-order valence-corrected chi connectivity index (χ3v) is 3.96. The van der Waals surface area contributed by atoms with Crippen LogP contribution in [0.2, 0.25) is 0 Å². The van der Waals surface area contributed by atoms with Crippen molar-refractivity contribution in [3.8, 4) is 11.1 Å². The van der Waals surface area contributed by atoms with E-state index in [1.807, 2.05) is 24.8 Å². The molecule has 0 aliphatic heterocycles. The lowest BCUT2D eigenvalue weighted by Gasteiger charge is -2.08.